The van der Waals surface area contributed by atoms with Gasteiger partial charge < -0.3 is 15.2 Å². The molecule has 0 aliphatic carbocycles. The number of nitrogens with zero attached hydrogens (tertiary/aromatic N) is 3. The number of carbonyl (C=O) groups is 1. The summed E-state index contributed by atoms with van der Waals surface area (Å²) in [7, 11) is 1.83. The van der Waals surface area contributed by atoms with Crippen LogP contribution in [0.2, 0.25) is 0 Å². The predicted octanol–water partition coefficient (Wildman–Crippen LogP) is 0.947. The third kappa shape index (κ3) is 3.81. The number of hydrogen-bond donors (Lipinski definition) is 1. The van der Waals surface area contributed by atoms with Crippen LogP contribution in [0.1, 0.15) is 30.8 Å². The van der Waals surface area contributed by atoms with Crippen molar-refractivity contribution in [3.8, 4) is 0 Å². The minimum absolute atomic E-state index is 0.0862. The van der Waals surface area contributed by atoms with Crippen molar-refractivity contribution in [2.24, 2.45) is 12.8 Å². The Bertz CT molecular complexity index is 413. The van der Waals surface area contributed by atoms with Crippen LogP contribution in [-0.2, 0) is 7.05 Å². The normalized spacial score (nSPS) is 10.6. The highest BCUT2D eigenvalue weighted by molar-refractivity contribution is 7.80. The molecule has 0 saturated heterocycles. The Morgan fingerprint density at radius 3 is 2.71 bits per heavy atom. The summed E-state index contributed by atoms with van der Waals surface area (Å²) in [5, 5.41) is 0. The van der Waals surface area contributed by atoms with Crippen molar-refractivity contribution in [3.05, 3.63) is 18.2 Å². The molecule has 2 N–H and O–H groups in total. The maximum Gasteiger partial charge on any atom is 0.274 e. The topological polar surface area (TPSA) is 64.2 Å². The van der Waals surface area contributed by atoms with Crippen LogP contribution in [0, 0.1) is 0 Å². The monoisotopic (exact) mass is 254 g/mol. The molecular weight excluding hydrogens is 236 g/mol. The quantitative estimate of drug-likeness (QED) is 0.795. The highest BCUT2D eigenvalue weighted by Crippen LogP contribution is 2.07. The van der Waals surface area contributed by atoms with Crippen molar-refractivity contribution in [3.63, 3.8) is 0 Å². The maximum atomic E-state index is 12.2. The summed E-state index contributed by atoms with van der Waals surface area (Å²) >= 11 is 4.83. The second-order valence-electron chi connectivity index (χ2n) is 4.23. The van der Waals surface area contributed by atoms with Crippen LogP contribution in [0.15, 0.2) is 12.5 Å². The molecule has 6 heteroatoms. The second kappa shape index (κ2) is 5.77. The molecule has 0 spiro atoms. The van der Waals surface area contributed by atoms with Gasteiger partial charge in [0.05, 0.1) is 11.3 Å². The van der Waals surface area contributed by atoms with Crippen LogP contribution in [-0.4, -0.2) is 37.9 Å². The Morgan fingerprint density at radius 1 is 1.65 bits per heavy atom. The van der Waals surface area contributed by atoms with Crippen molar-refractivity contribution >= 4 is 23.1 Å². The molecule has 0 aromatic carbocycles. The maximum absolute atomic E-state index is 12.2. The van der Waals surface area contributed by atoms with Crippen molar-refractivity contribution < 1.29 is 4.79 Å². The number of aryl methyl sites for hydroxylation is 1. The minimum Gasteiger partial charge on any atom is -0.393 e. The molecule has 0 aliphatic rings. The molecule has 0 bridgehead atoms. The summed E-state index contributed by atoms with van der Waals surface area (Å²) in [5.74, 6) is -0.0862. The third-order valence-electron chi connectivity index (χ3n) is 2.41. The lowest BCUT2D eigenvalue weighted by Crippen LogP contribution is -2.39. The third-order valence-corrected chi connectivity index (χ3v) is 2.61. The summed E-state index contributed by atoms with van der Waals surface area (Å²) in [6, 6.07) is 0.0962. The molecule has 1 aromatic heterocycles. The lowest BCUT2D eigenvalue weighted by atomic mass is 10.2. The molecule has 0 saturated carbocycles. The first kappa shape index (κ1) is 13.6. The average molecular weight is 254 g/mol. The van der Waals surface area contributed by atoms with Crippen LogP contribution in [0.4, 0.5) is 0 Å². The zero-order valence-electron chi connectivity index (χ0n) is 10.4. The number of carbonyl (C=O) groups excluding carboxylic acids is 1. The van der Waals surface area contributed by atoms with E-state index in [0.29, 0.717) is 23.6 Å². The van der Waals surface area contributed by atoms with Gasteiger partial charge in [0.15, 0.2) is 0 Å². The molecule has 0 unspecified atom stereocenters. The summed E-state index contributed by atoms with van der Waals surface area (Å²) in [4.78, 5) is 18.4. The van der Waals surface area contributed by atoms with E-state index in [2.05, 4.69) is 4.98 Å². The molecule has 5 nitrogen and oxygen atoms in total. The van der Waals surface area contributed by atoms with Gasteiger partial charge in [0.25, 0.3) is 5.91 Å². The fourth-order valence-electron chi connectivity index (χ4n) is 1.50. The van der Waals surface area contributed by atoms with Crippen LogP contribution in [0.5, 0.6) is 0 Å². The number of nitrogens with two attached hydrogens (primary N) is 1. The van der Waals surface area contributed by atoms with E-state index in [1.54, 1.807) is 22.0 Å². The smallest absolute Gasteiger partial charge is 0.274 e. The molecule has 0 fully saturated rings. The van der Waals surface area contributed by atoms with Gasteiger partial charge in [-0.15, -0.1) is 0 Å². The minimum atomic E-state index is -0.0862. The standard InChI is InChI=1S/C11H18N4OS/c1-8(2)15(5-4-10(12)17)11(16)9-6-14(3)7-13-9/h6-8H,4-5H2,1-3H3,(H2,12,17). The van der Waals surface area contributed by atoms with Gasteiger partial charge in [-0.1, -0.05) is 12.2 Å². The number of imidazole rings is 1. The summed E-state index contributed by atoms with van der Waals surface area (Å²) < 4.78 is 1.75. The first-order valence-electron chi connectivity index (χ1n) is 5.49. The van der Waals surface area contributed by atoms with Crippen LogP contribution in [0.25, 0.3) is 0 Å². The number of thiocarbonyl (C=S) groups is 1. The number of aromatic nitrogens is 2. The number of hydrogen-bond acceptors (Lipinski definition) is 3. The Kier molecular flexibility index (Phi) is 4.62. The Morgan fingerprint density at radius 2 is 2.29 bits per heavy atom. The lowest BCUT2D eigenvalue weighted by molar-refractivity contribution is 0.0706. The second-order valence-corrected chi connectivity index (χ2v) is 4.76. The summed E-state index contributed by atoms with van der Waals surface area (Å²) in [5.41, 5.74) is 5.91. The fraction of sp³-hybridized carbons (Fsp3) is 0.545. The zero-order chi connectivity index (χ0) is 13.0. The first-order chi connectivity index (χ1) is 7.91. The van der Waals surface area contributed by atoms with Gasteiger partial charge >= 0.3 is 0 Å². The molecule has 17 heavy (non-hydrogen) atoms. The van der Waals surface area contributed by atoms with Gasteiger partial charge in [0.2, 0.25) is 0 Å². The van der Waals surface area contributed by atoms with Crippen LogP contribution in [0.3, 0.4) is 0 Å². The molecule has 0 radical (unpaired) electrons. The van der Waals surface area contributed by atoms with Crippen molar-refractivity contribution in [2.75, 3.05) is 6.54 Å². The lowest BCUT2D eigenvalue weighted by Gasteiger charge is -2.25. The van der Waals surface area contributed by atoms with Crippen molar-refractivity contribution in [1.29, 1.82) is 0 Å². The fourth-order valence-corrected chi connectivity index (χ4v) is 1.59. The van der Waals surface area contributed by atoms with E-state index in [9.17, 15) is 4.79 Å². The van der Waals surface area contributed by atoms with Crippen molar-refractivity contribution in [2.45, 2.75) is 26.3 Å². The molecule has 1 heterocycles. The van der Waals surface area contributed by atoms with E-state index < -0.39 is 0 Å². The SMILES string of the molecule is CC(C)N(CCC(N)=S)C(=O)c1cn(C)cn1. The highest BCUT2D eigenvalue weighted by Gasteiger charge is 2.20. The van der Waals surface area contributed by atoms with E-state index in [-0.39, 0.29) is 11.9 Å². The van der Waals surface area contributed by atoms with E-state index >= 15 is 0 Å². The summed E-state index contributed by atoms with van der Waals surface area (Å²) in [6.07, 6.45) is 3.85. The molecular formula is C11H18N4OS. The molecule has 0 aliphatic heterocycles. The van der Waals surface area contributed by atoms with Gasteiger partial charge in [-0.25, -0.2) is 4.98 Å². The Labute approximate surface area is 107 Å². The highest BCUT2D eigenvalue weighted by atomic mass is 32.1. The van der Waals surface area contributed by atoms with Gasteiger partial charge in [-0.3, -0.25) is 4.79 Å². The molecule has 1 rings (SSSR count). The number of amides is 1. The predicted molar refractivity (Wildman–Crippen MR) is 70.8 cm³/mol. The summed E-state index contributed by atoms with van der Waals surface area (Å²) in [6.45, 7) is 4.45. The van der Waals surface area contributed by atoms with Gasteiger partial charge in [0, 0.05) is 32.3 Å². The van der Waals surface area contributed by atoms with E-state index in [4.69, 9.17) is 18.0 Å². The first-order valence-corrected chi connectivity index (χ1v) is 5.90. The van der Waals surface area contributed by atoms with Crippen LogP contribution >= 0.6 is 12.2 Å². The van der Waals surface area contributed by atoms with Crippen molar-refractivity contribution in [1.82, 2.24) is 14.5 Å². The molecule has 1 aromatic rings. The Balaban J connectivity index is 2.77. The molecule has 0 atom stereocenters. The largest absolute Gasteiger partial charge is 0.393 e. The van der Waals surface area contributed by atoms with Gasteiger partial charge in [0.1, 0.15) is 5.69 Å². The molecule has 94 valence electrons. The Hall–Kier alpha value is -1.43. The number of rotatable bonds is 5. The van der Waals surface area contributed by atoms with E-state index in [1.807, 2.05) is 20.9 Å². The van der Waals surface area contributed by atoms with E-state index in [0.717, 1.165) is 0 Å². The zero-order valence-corrected chi connectivity index (χ0v) is 11.2. The van der Waals surface area contributed by atoms with Crippen LogP contribution < -0.4 is 5.73 Å². The van der Waals surface area contributed by atoms with Gasteiger partial charge in [-0.2, -0.15) is 0 Å². The molecule has 1 amide bonds. The van der Waals surface area contributed by atoms with Gasteiger partial charge in [-0.05, 0) is 13.8 Å². The van der Waals surface area contributed by atoms with E-state index in [1.165, 1.54) is 0 Å². The average Bonchev–Trinajstić information content (AvgIpc) is 2.63.